The van der Waals surface area contributed by atoms with Crippen LogP contribution in [0.2, 0.25) is 0 Å². The molecule has 0 saturated carbocycles. The summed E-state index contributed by atoms with van der Waals surface area (Å²) in [5, 5.41) is 6.21. The third kappa shape index (κ3) is 6.12. The maximum Gasteiger partial charge on any atom is 0.262 e. The minimum Gasteiger partial charge on any atom is -0.497 e. The normalized spacial score (nSPS) is 15.8. The standard InChI is InChI=1S/C26H33N3O4/c1-26(2,3)16-24(30)28(4)17-25(31)29-23(18-10-12-20(32-5)13-11-18)15-22(27-29)19-8-7-9-21(14-19)33-6/h7-14,23H,15-17H2,1-6H3/t23-/m1/s1. The van der Waals surface area contributed by atoms with Gasteiger partial charge in [-0.05, 0) is 35.2 Å². The number of amides is 2. The van der Waals surface area contributed by atoms with Crippen molar-refractivity contribution in [1.82, 2.24) is 9.91 Å². The van der Waals surface area contributed by atoms with Crippen LogP contribution in [-0.2, 0) is 9.59 Å². The molecule has 0 aliphatic carbocycles. The van der Waals surface area contributed by atoms with Gasteiger partial charge in [-0.2, -0.15) is 5.10 Å². The predicted molar refractivity (Wildman–Crippen MR) is 128 cm³/mol. The van der Waals surface area contributed by atoms with Crippen LogP contribution < -0.4 is 9.47 Å². The summed E-state index contributed by atoms with van der Waals surface area (Å²) in [5.74, 6) is 1.19. The highest BCUT2D eigenvalue weighted by molar-refractivity contribution is 6.03. The van der Waals surface area contributed by atoms with Crippen molar-refractivity contribution >= 4 is 17.5 Å². The van der Waals surface area contributed by atoms with E-state index in [1.54, 1.807) is 21.3 Å². The number of benzene rings is 2. The molecular weight excluding hydrogens is 418 g/mol. The molecule has 2 aromatic carbocycles. The van der Waals surface area contributed by atoms with E-state index in [0.29, 0.717) is 12.8 Å². The van der Waals surface area contributed by atoms with Gasteiger partial charge in [-0.1, -0.05) is 45.0 Å². The van der Waals surface area contributed by atoms with Gasteiger partial charge in [0.05, 0.1) is 26.0 Å². The van der Waals surface area contributed by atoms with E-state index in [4.69, 9.17) is 14.6 Å². The van der Waals surface area contributed by atoms with Crippen molar-refractivity contribution in [1.29, 1.82) is 0 Å². The Balaban J connectivity index is 1.87. The third-order valence-corrected chi connectivity index (χ3v) is 5.55. The fourth-order valence-corrected chi connectivity index (χ4v) is 3.76. The van der Waals surface area contributed by atoms with Gasteiger partial charge >= 0.3 is 0 Å². The molecule has 176 valence electrons. The Morgan fingerprint density at radius 1 is 1.06 bits per heavy atom. The first-order chi connectivity index (χ1) is 15.6. The summed E-state index contributed by atoms with van der Waals surface area (Å²) in [6.45, 7) is 5.98. The first-order valence-corrected chi connectivity index (χ1v) is 11.0. The fraction of sp³-hybridized carbons (Fsp3) is 0.423. The molecule has 33 heavy (non-hydrogen) atoms. The molecule has 7 nitrogen and oxygen atoms in total. The number of carbonyl (C=O) groups excluding carboxylic acids is 2. The maximum atomic E-state index is 13.3. The van der Waals surface area contributed by atoms with Crippen LogP contribution in [0.1, 0.15) is 50.8 Å². The van der Waals surface area contributed by atoms with Crippen LogP contribution in [0.4, 0.5) is 0 Å². The summed E-state index contributed by atoms with van der Waals surface area (Å²) in [6.07, 6.45) is 0.932. The van der Waals surface area contributed by atoms with E-state index >= 15 is 0 Å². The molecule has 0 unspecified atom stereocenters. The van der Waals surface area contributed by atoms with Crippen molar-refractivity contribution < 1.29 is 19.1 Å². The second kappa shape index (κ2) is 10.1. The fourth-order valence-electron chi connectivity index (χ4n) is 3.76. The van der Waals surface area contributed by atoms with Gasteiger partial charge in [0, 0.05) is 25.5 Å². The summed E-state index contributed by atoms with van der Waals surface area (Å²) in [7, 11) is 4.90. The van der Waals surface area contributed by atoms with Gasteiger partial charge in [0.2, 0.25) is 5.91 Å². The average Bonchev–Trinajstić information content (AvgIpc) is 3.23. The minimum absolute atomic E-state index is 0.0313. The van der Waals surface area contributed by atoms with E-state index < -0.39 is 0 Å². The van der Waals surface area contributed by atoms with E-state index in [1.165, 1.54) is 9.91 Å². The number of likely N-dealkylation sites (N-methyl/N-ethyl adjacent to an activating group) is 1. The number of hydrazone groups is 1. The Morgan fingerprint density at radius 3 is 2.33 bits per heavy atom. The molecule has 0 bridgehead atoms. The lowest BCUT2D eigenvalue weighted by Crippen LogP contribution is -2.40. The first kappa shape index (κ1) is 24.3. The number of methoxy groups -OCH3 is 2. The van der Waals surface area contributed by atoms with E-state index in [0.717, 1.165) is 28.3 Å². The van der Waals surface area contributed by atoms with Crippen molar-refractivity contribution in [2.24, 2.45) is 10.5 Å². The molecule has 1 heterocycles. The van der Waals surface area contributed by atoms with E-state index in [-0.39, 0.29) is 29.8 Å². The lowest BCUT2D eigenvalue weighted by atomic mass is 9.92. The Morgan fingerprint density at radius 2 is 1.73 bits per heavy atom. The second-order valence-electron chi connectivity index (χ2n) is 9.50. The zero-order valence-corrected chi connectivity index (χ0v) is 20.3. The van der Waals surface area contributed by atoms with Gasteiger partial charge < -0.3 is 14.4 Å². The molecular formula is C26H33N3O4. The molecule has 0 saturated heterocycles. The van der Waals surface area contributed by atoms with Gasteiger partial charge in [0.1, 0.15) is 18.0 Å². The van der Waals surface area contributed by atoms with Gasteiger partial charge in [-0.15, -0.1) is 0 Å². The quantitative estimate of drug-likeness (QED) is 0.630. The maximum absolute atomic E-state index is 13.3. The average molecular weight is 452 g/mol. The van der Waals surface area contributed by atoms with E-state index in [9.17, 15) is 9.59 Å². The van der Waals surface area contributed by atoms with Gasteiger partial charge in [0.25, 0.3) is 5.91 Å². The molecule has 0 radical (unpaired) electrons. The molecule has 2 aromatic rings. The SMILES string of the molecule is COc1ccc([C@H]2CC(c3cccc(OC)c3)=NN2C(=O)CN(C)C(=O)CC(C)(C)C)cc1. The van der Waals surface area contributed by atoms with Crippen molar-refractivity contribution in [3.63, 3.8) is 0 Å². The van der Waals surface area contributed by atoms with Gasteiger partial charge in [0.15, 0.2) is 0 Å². The molecule has 3 rings (SSSR count). The van der Waals surface area contributed by atoms with Gasteiger partial charge in [-0.3, -0.25) is 9.59 Å². The van der Waals surface area contributed by atoms with Crippen LogP contribution in [0.25, 0.3) is 0 Å². The number of hydrogen-bond acceptors (Lipinski definition) is 5. The Kier molecular flexibility index (Phi) is 7.41. The lowest BCUT2D eigenvalue weighted by molar-refractivity contribution is -0.141. The van der Waals surface area contributed by atoms with Crippen molar-refractivity contribution in [2.45, 2.75) is 39.7 Å². The molecule has 1 aliphatic heterocycles. The van der Waals surface area contributed by atoms with E-state index in [2.05, 4.69) is 0 Å². The smallest absolute Gasteiger partial charge is 0.262 e. The third-order valence-electron chi connectivity index (χ3n) is 5.55. The highest BCUT2D eigenvalue weighted by Crippen LogP contribution is 2.34. The Bertz CT molecular complexity index is 1020. The highest BCUT2D eigenvalue weighted by atomic mass is 16.5. The molecule has 0 N–H and O–H groups in total. The second-order valence-corrected chi connectivity index (χ2v) is 9.50. The predicted octanol–water partition coefficient (Wildman–Crippen LogP) is 4.28. The molecule has 2 amide bonds. The molecule has 1 aliphatic rings. The highest BCUT2D eigenvalue weighted by Gasteiger charge is 2.34. The van der Waals surface area contributed by atoms with Crippen LogP contribution in [0.15, 0.2) is 53.6 Å². The molecule has 0 spiro atoms. The molecule has 7 heteroatoms. The number of nitrogens with zero attached hydrogens (tertiary/aromatic N) is 3. The zero-order chi connectivity index (χ0) is 24.2. The summed E-state index contributed by atoms with van der Waals surface area (Å²) in [4.78, 5) is 27.4. The van der Waals surface area contributed by atoms with Crippen LogP contribution in [0.3, 0.4) is 0 Å². The number of hydrogen-bond donors (Lipinski definition) is 0. The van der Waals surface area contributed by atoms with E-state index in [1.807, 2.05) is 69.3 Å². The summed E-state index contributed by atoms with van der Waals surface area (Å²) in [5.41, 5.74) is 2.51. The Hall–Kier alpha value is -3.35. The zero-order valence-electron chi connectivity index (χ0n) is 20.3. The largest absolute Gasteiger partial charge is 0.497 e. The van der Waals surface area contributed by atoms with Crippen LogP contribution in [0.5, 0.6) is 11.5 Å². The molecule has 0 aromatic heterocycles. The monoisotopic (exact) mass is 451 g/mol. The molecule has 1 atom stereocenters. The topological polar surface area (TPSA) is 71.4 Å². The van der Waals surface area contributed by atoms with Crippen molar-refractivity contribution in [2.75, 3.05) is 27.8 Å². The summed E-state index contributed by atoms with van der Waals surface area (Å²) < 4.78 is 10.6. The molecule has 0 fully saturated rings. The first-order valence-electron chi connectivity index (χ1n) is 11.0. The number of carbonyl (C=O) groups is 2. The Labute approximate surface area is 196 Å². The van der Waals surface area contributed by atoms with Crippen molar-refractivity contribution in [3.05, 3.63) is 59.7 Å². The summed E-state index contributed by atoms with van der Waals surface area (Å²) in [6, 6.07) is 15.0. The summed E-state index contributed by atoms with van der Waals surface area (Å²) >= 11 is 0. The lowest BCUT2D eigenvalue weighted by Gasteiger charge is -2.26. The minimum atomic E-state index is -0.268. The van der Waals surface area contributed by atoms with Crippen LogP contribution >= 0.6 is 0 Å². The number of ether oxygens (including phenoxy) is 2. The van der Waals surface area contributed by atoms with Crippen LogP contribution in [0, 0.1) is 5.41 Å². The van der Waals surface area contributed by atoms with Crippen molar-refractivity contribution in [3.8, 4) is 11.5 Å². The van der Waals surface area contributed by atoms with Crippen LogP contribution in [-0.4, -0.2) is 55.2 Å². The number of rotatable bonds is 7. The van der Waals surface area contributed by atoms with Gasteiger partial charge in [-0.25, -0.2) is 5.01 Å².